The molecule has 0 atom stereocenters. The summed E-state index contributed by atoms with van der Waals surface area (Å²) in [6.45, 7) is 9.48. The minimum Gasteiger partial charge on any atom is -0.477 e. The van der Waals surface area contributed by atoms with Gasteiger partial charge in [0.2, 0.25) is 11.8 Å². The highest BCUT2D eigenvalue weighted by atomic mass is 19.1. The summed E-state index contributed by atoms with van der Waals surface area (Å²) in [5, 5.41) is 7.24. The SMILES string of the molecule is CCOc1ccc2ncc(C#Cc3cc(C(=O)Nc4ccc(CN5CCN(C)CC5)c(C)c4)cnc3F)n2n1. The predicted octanol–water partition coefficient (Wildman–Crippen LogP) is 3.37. The first-order valence-electron chi connectivity index (χ1n) is 12.9. The van der Waals surface area contributed by atoms with E-state index < -0.39 is 11.9 Å². The highest BCUT2D eigenvalue weighted by Crippen LogP contribution is 2.19. The van der Waals surface area contributed by atoms with Gasteiger partial charge in [-0.25, -0.2) is 14.5 Å². The second-order valence-electron chi connectivity index (χ2n) is 9.51. The van der Waals surface area contributed by atoms with Crippen molar-refractivity contribution in [2.24, 2.45) is 0 Å². The normalized spacial score (nSPS) is 14.2. The number of ether oxygens (including phenoxy) is 1. The highest BCUT2D eigenvalue weighted by molar-refractivity contribution is 6.04. The predicted molar refractivity (Wildman–Crippen MR) is 146 cm³/mol. The van der Waals surface area contributed by atoms with E-state index in [-0.39, 0.29) is 11.1 Å². The molecular formula is C29H30FN7O2. The largest absolute Gasteiger partial charge is 0.477 e. The fourth-order valence-electron chi connectivity index (χ4n) is 4.36. The maximum atomic E-state index is 14.5. The van der Waals surface area contributed by atoms with Gasteiger partial charge in [-0.05, 0) is 62.2 Å². The molecule has 1 saturated heterocycles. The van der Waals surface area contributed by atoms with Gasteiger partial charge in [-0.1, -0.05) is 12.0 Å². The van der Waals surface area contributed by atoms with Crippen LogP contribution in [0.25, 0.3) is 5.65 Å². The zero-order valence-electron chi connectivity index (χ0n) is 22.2. The third-order valence-electron chi connectivity index (χ3n) is 6.65. The topological polar surface area (TPSA) is 87.9 Å². The van der Waals surface area contributed by atoms with Crippen molar-refractivity contribution in [3.8, 4) is 17.7 Å². The summed E-state index contributed by atoms with van der Waals surface area (Å²) in [6.07, 6.45) is 2.75. The van der Waals surface area contributed by atoms with Gasteiger partial charge in [0.15, 0.2) is 5.65 Å². The Morgan fingerprint density at radius 2 is 1.90 bits per heavy atom. The van der Waals surface area contributed by atoms with Crippen LogP contribution in [0.5, 0.6) is 5.88 Å². The van der Waals surface area contributed by atoms with E-state index in [1.54, 1.807) is 18.3 Å². The van der Waals surface area contributed by atoms with E-state index in [0.717, 1.165) is 38.3 Å². The molecule has 1 N–H and O–H groups in total. The van der Waals surface area contributed by atoms with Crippen LogP contribution in [0.15, 0.2) is 48.8 Å². The zero-order chi connectivity index (χ0) is 27.4. The first kappa shape index (κ1) is 26.3. The number of carbonyl (C=O) groups excluding carboxylic acids is 1. The number of rotatable bonds is 6. The molecule has 0 spiro atoms. The van der Waals surface area contributed by atoms with E-state index >= 15 is 0 Å². The summed E-state index contributed by atoms with van der Waals surface area (Å²) in [4.78, 5) is 25.7. The van der Waals surface area contributed by atoms with Crippen LogP contribution in [0.2, 0.25) is 0 Å². The van der Waals surface area contributed by atoms with Crippen molar-refractivity contribution in [2.45, 2.75) is 20.4 Å². The molecule has 0 aliphatic carbocycles. The second kappa shape index (κ2) is 11.6. The molecule has 39 heavy (non-hydrogen) atoms. The van der Waals surface area contributed by atoms with E-state index in [1.165, 1.54) is 22.3 Å². The summed E-state index contributed by atoms with van der Waals surface area (Å²) >= 11 is 0. The number of amides is 1. The van der Waals surface area contributed by atoms with Crippen molar-refractivity contribution in [2.75, 3.05) is 45.2 Å². The molecule has 4 aromatic rings. The number of aryl methyl sites for hydroxylation is 1. The number of piperazine rings is 1. The Hall–Kier alpha value is -4.33. The first-order valence-corrected chi connectivity index (χ1v) is 12.9. The molecule has 1 aliphatic rings. The fourth-order valence-corrected chi connectivity index (χ4v) is 4.36. The summed E-state index contributed by atoms with van der Waals surface area (Å²) in [7, 11) is 2.14. The van der Waals surface area contributed by atoms with Crippen LogP contribution in [-0.4, -0.2) is 75.1 Å². The molecular weight excluding hydrogens is 497 g/mol. The summed E-state index contributed by atoms with van der Waals surface area (Å²) < 4.78 is 21.4. The number of nitrogens with one attached hydrogen (secondary N) is 1. The van der Waals surface area contributed by atoms with Crippen molar-refractivity contribution in [1.29, 1.82) is 0 Å². The van der Waals surface area contributed by atoms with Gasteiger partial charge >= 0.3 is 0 Å². The zero-order valence-corrected chi connectivity index (χ0v) is 22.2. The number of hydrogen-bond donors (Lipinski definition) is 1. The molecule has 5 rings (SSSR count). The van der Waals surface area contributed by atoms with Gasteiger partial charge in [-0.3, -0.25) is 9.69 Å². The Kier molecular flexibility index (Phi) is 7.81. The molecule has 1 fully saturated rings. The van der Waals surface area contributed by atoms with Crippen molar-refractivity contribution in [3.63, 3.8) is 0 Å². The standard InChI is InChI=1S/C29H30FN7O2/c1-4-39-27-10-9-26-31-18-25(37(26)34-27)8-6-21-16-23(17-32-28(21)30)29(38)33-24-7-5-22(20(2)15-24)19-36-13-11-35(3)12-14-36/h5,7,9-10,15-18H,4,11-14,19H2,1-3H3,(H,33,38). The van der Waals surface area contributed by atoms with E-state index in [9.17, 15) is 9.18 Å². The number of fused-ring (bicyclic) bond motifs is 1. The maximum absolute atomic E-state index is 14.5. The van der Waals surface area contributed by atoms with Crippen molar-refractivity contribution in [3.05, 3.63) is 82.7 Å². The lowest BCUT2D eigenvalue weighted by Crippen LogP contribution is -2.43. The molecule has 3 aromatic heterocycles. The fraction of sp³-hybridized carbons (Fsp3) is 0.310. The highest BCUT2D eigenvalue weighted by Gasteiger charge is 2.16. The van der Waals surface area contributed by atoms with Gasteiger partial charge in [0.05, 0.1) is 23.9 Å². The van der Waals surface area contributed by atoms with Gasteiger partial charge < -0.3 is 15.0 Å². The molecule has 0 radical (unpaired) electrons. The smallest absolute Gasteiger partial charge is 0.257 e. The van der Waals surface area contributed by atoms with Gasteiger partial charge in [-0.2, -0.15) is 4.39 Å². The lowest BCUT2D eigenvalue weighted by Gasteiger charge is -2.32. The van der Waals surface area contributed by atoms with Crippen molar-refractivity contribution < 1.29 is 13.9 Å². The van der Waals surface area contributed by atoms with Crippen LogP contribution >= 0.6 is 0 Å². The van der Waals surface area contributed by atoms with Crippen LogP contribution in [0.4, 0.5) is 10.1 Å². The molecule has 1 aliphatic heterocycles. The third kappa shape index (κ3) is 6.22. The molecule has 10 heteroatoms. The van der Waals surface area contributed by atoms with E-state index in [0.29, 0.717) is 29.5 Å². The quantitative estimate of drug-likeness (QED) is 0.304. The second-order valence-corrected chi connectivity index (χ2v) is 9.51. The number of benzene rings is 1. The maximum Gasteiger partial charge on any atom is 0.257 e. The number of aromatic nitrogens is 4. The number of anilines is 1. The average Bonchev–Trinajstić information content (AvgIpc) is 3.33. The molecule has 4 heterocycles. The number of pyridine rings is 1. The summed E-state index contributed by atoms with van der Waals surface area (Å²) in [6, 6.07) is 10.8. The van der Waals surface area contributed by atoms with Crippen LogP contribution in [-0.2, 0) is 6.54 Å². The minimum absolute atomic E-state index is 0.00253. The van der Waals surface area contributed by atoms with Crippen LogP contribution in [0.1, 0.15) is 39.7 Å². The number of hydrogen-bond acceptors (Lipinski definition) is 7. The summed E-state index contributed by atoms with van der Waals surface area (Å²) in [5.74, 6) is 4.91. The van der Waals surface area contributed by atoms with E-state index in [1.807, 2.05) is 32.0 Å². The molecule has 9 nitrogen and oxygen atoms in total. The number of halogens is 1. The first-order chi connectivity index (χ1) is 18.9. The number of imidazole rings is 1. The average molecular weight is 528 g/mol. The molecule has 1 amide bonds. The van der Waals surface area contributed by atoms with Crippen molar-refractivity contribution in [1.82, 2.24) is 29.4 Å². The molecule has 200 valence electrons. The molecule has 0 saturated carbocycles. The lowest BCUT2D eigenvalue weighted by molar-refractivity contribution is 0.102. The Bertz CT molecular complexity index is 1570. The van der Waals surface area contributed by atoms with Gasteiger partial charge in [0.25, 0.3) is 5.91 Å². The minimum atomic E-state index is -0.764. The van der Waals surface area contributed by atoms with Gasteiger partial charge in [-0.15, -0.1) is 5.10 Å². The number of nitrogens with zero attached hydrogens (tertiary/aromatic N) is 6. The van der Waals surface area contributed by atoms with Gasteiger partial charge in [0, 0.05) is 50.7 Å². The van der Waals surface area contributed by atoms with Crippen LogP contribution in [0.3, 0.4) is 0 Å². The molecule has 0 bridgehead atoms. The van der Waals surface area contributed by atoms with E-state index in [2.05, 4.69) is 49.1 Å². The Morgan fingerprint density at radius 3 is 2.67 bits per heavy atom. The van der Waals surface area contributed by atoms with Crippen molar-refractivity contribution >= 4 is 17.2 Å². The van der Waals surface area contributed by atoms with Crippen LogP contribution < -0.4 is 10.1 Å². The van der Waals surface area contributed by atoms with Crippen LogP contribution in [0, 0.1) is 24.7 Å². The number of likely N-dealkylation sites (N-methyl/N-ethyl adjacent to an activating group) is 1. The molecule has 0 unspecified atom stereocenters. The Morgan fingerprint density at radius 1 is 1.08 bits per heavy atom. The van der Waals surface area contributed by atoms with Gasteiger partial charge in [0.1, 0.15) is 5.69 Å². The number of carbonyl (C=O) groups is 1. The third-order valence-corrected chi connectivity index (χ3v) is 6.65. The lowest BCUT2D eigenvalue weighted by atomic mass is 10.1. The summed E-state index contributed by atoms with van der Waals surface area (Å²) in [5.41, 5.74) is 4.23. The Balaban J connectivity index is 1.29. The van der Waals surface area contributed by atoms with E-state index in [4.69, 9.17) is 4.74 Å². The monoisotopic (exact) mass is 527 g/mol. The Labute approximate surface area is 226 Å². The molecule has 1 aromatic carbocycles.